The number of halogens is 1. The van der Waals surface area contributed by atoms with Gasteiger partial charge in [0.2, 0.25) is 5.91 Å². The molecule has 0 aliphatic carbocycles. The maximum absolute atomic E-state index is 13.2. The molecule has 0 radical (unpaired) electrons. The molecule has 0 aliphatic heterocycles. The van der Waals surface area contributed by atoms with Crippen LogP contribution in [0.1, 0.15) is 17.3 Å². The molecule has 29 heavy (non-hydrogen) atoms. The Morgan fingerprint density at radius 3 is 2.59 bits per heavy atom. The lowest BCUT2D eigenvalue weighted by Gasteiger charge is -2.10. The Labute approximate surface area is 171 Å². The van der Waals surface area contributed by atoms with Crippen molar-refractivity contribution in [2.24, 2.45) is 0 Å². The Morgan fingerprint density at radius 1 is 1.17 bits per heavy atom. The van der Waals surface area contributed by atoms with Gasteiger partial charge in [-0.3, -0.25) is 14.2 Å². The number of nitrogens with zero attached hydrogens (tertiary/aromatic N) is 3. The normalized spacial score (nSPS) is 10.6. The first kappa shape index (κ1) is 20.5. The molecule has 0 spiro atoms. The molecule has 1 amide bonds. The Balaban J connectivity index is 1.74. The van der Waals surface area contributed by atoms with Crippen molar-refractivity contribution in [3.8, 4) is 11.4 Å². The van der Waals surface area contributed by atoms with Crippen molar-refractivity contribution in [2.75, 3.05) is 11.1 Å². The van der Waals surface area contributed by atoms with E-state index in [9.17, 15) is 14.0 Å². The maximum atomic E-state index is 13.2. The minimum absolute atomic E-state index is 0.0882. The Morgan fingerprint density at radius 2 is 1.90 bits per heavy atom. The molecule has 1 N–H and O–H groups in total. The number of para-hydroxylation sites is 1. The van der Waals surface area contributed by atoms with Crippen molar-refractivity contribution in [3.63, 3.8) is 0 Å². The molecule has 3 rings (SSSR count). The summed E-state index contributed by atoms with van der Waals surface area (Å²) in [5.74, 6) is -0.0657. The first-order chi connectivity index (χ1) is 14.0. The van der Waals surface area contributed by atoms with Gasteiger partial charge in [-0.2, -0.15) is 0 Å². The summed E-state index contributed by atoms with van der Waals surface area (Å²) < 4.78 is 15.0. The number of carbonyl (C=O) groups excluding carboxylic acids is 2. The molecule has 0 saturated heterocycles. The lowest BCUT2D eigenvalue weighted by molar-refractivity contribution is -0.113. The number of allylic oxidation sites excluding steroid dienone is 1. The largest absolute Gasteiger partial charge is 0.325 e. The van der Waals surface area contributed by atoms with E-state index in [0.29, 0.717) is 34.3 Å². The first-order valence-electron chi connectivity index (χ1n) is 8.82. The first-order valence-corrected chi connectivity index (χ1v) is 9.81. The van der Waals surface area contributed by atoms with Crippen molar-refractivity contribution in [1.29, 1.82) is 0 Å². The summed E-state index contributed by atoms with van der Waals surface area (Å²) in [7, 11) is 0. The number of hydrogen-bond acceptors (Lipinski definition) is 5. The fourth-order valence-corrected chi connectivity index (χ4v) is 3.46. The van der Waals surface area contributed by atoms with Crippen LogP contribution in [-0.4, -0.2) is 32.2 Å². The summed E-state index contributed by atoms with van der Waals surface area (Å²) in [6.45, 7) is 5.64. The van der Waals surface area contributed by atoms with E-state index in [1.807, 2.05) is 4.57 Å². The van der Waals surface area contributed by atoms with Crippen LogP contribution in [0.25, 0.3) is 11.4 Å². The van der Waals surface area contributed by atoms with Crippen LogP contribution in [0.5, 0.6) is 0 Å². The van der Waals surface area contributed by atoms with E-state index in [1.165, 1.54) is 30.8 Å². The number of aromatic nitrogens is 3. The van der Waals surface area contributed by atoms with Gasteiger partial charge < -0.3 is 5.32 Å². The highest BCUT2D eigenvalue weighted by atomic mass is 32.2. The number of thioether (sulfide) groups is 1. The highest BCUT2D eigenvalue weighted by Gasteiger charge is 2.16. The van der Waals surface area contributed by atoms with E-state index in [2.05, 4.69) is 22.1 Å². The van der Waals surface area contributed by atoms with Gasteiger partial charge in [-0.1, -0.05) is 30.0 Å². The molecule has 0 saturated carbocycles. The van der Waals surface area contributed by atoms with Gasteiger partial charge in [0.15, 0.2) is 16.8 Å². The average Bonchev–Trinajstić information content (AvgIpc) is 3.10. The maximum Gasteiger partial charge on any atom is 0.234 e. The molecule has 0 aliphatic rings. The second kappa shape index (κ2) is 9.29. The molecule has 3 aromatic rings. The average molecular weight is 410 g/mol. The topological polar surface area (TPSA) is 76.9 Å². The van der Waals surface area contributed by atoms with E-state index in [-0.39, 0.29) is 23.3 Å². The van der Waals surface area contributed by atoms with Crippen LogP contribution in [-0.2, 0) is 11.3 Å². The molecule has 6 nitrogen and oxygen atoms in total. The van der Waals surface area contributed by atoms with Crippen molar-refractivity contribution < 1.29 is 14.0 Å². The lowest BCUT2D eigenvalue weighted by atomic mass is 10.1. The van der Waals surface area contributed by atoms with Crippen LogP contribution in [0.4, 0.5) is 10.1 Å². The van der Waals surface area contributed by atoms with Gasteiger partial charge in [0.05, 0.1) is 11.4 Å². The molecule has 1 aromatic heterocycles. The zero-order valence-corrected chi connectivity index (χ0v) is 16.6. The van der Waals surface area contributed by atoms with Gasteiger partial charge in [-0.15, -0.1) is 16.8 Å². The fourth-order valence-electron chi connectivity index (χ4n) is 2.72. The number of nitrogens with one attached hydrogen (secondary N) is 1. The second-order valence-corrected chi connectivity index (χ2v) is 7.09. The summed E-state index contributed by atoms with van der Waals surface area (Å²) >= 11 is 1.22. The van der Waals surface area contributed by atoms with Crippen molar-refractivity contribution in [1.82, 2.24) is 14.8 Å². The van der Waals surface area contributed by atoms with E-state index < -0.39 is 0 Å². The van der Waals surface area contributed by atoms with E-state index in [0.717, 1.165) is 0 Å². The molecule has 148 valence electrons. The van der Waals surface area contributed by atoms with E-state index >= 15 is 0 Å². The smallest absolute Gasteiger partial charge is 0.234 e. The second-order valence-electron chi connectivity index (χ2n) is 6.15. The van der Waals surface area contributed by atoms with Crippen molar-refractivity contribution >= 4 is 29.1 Å². The van der Waals surface area contributed by atoms with Gasteiger partial charge in [0.25, 0.3) is 0 Å². The highest BCUT2D eigenvalue weighted by Crippen LogP contribution is 2.25. The zero-order valence-electron chi connectivity index (χ0n) is 15.8. The number of amides is 1. The number of carbonyl (C=O) groups is 2. The minimum atomic E-state index is -0.333. The summed E-state index contributed by atoms with van der Waals surface area (Å²) in [6, 6.07) is 12.8. The minimum Gasteiger partial charge on any atom is -0.325 e. The number of ketones is 1. The third-order valence-corrected chi connectivity index (χ3v) is 5.01. The van der Waals surface area contributed by atoms with Crippen LogP contribution in [0, 0.1) is 5.82 Å². The van der Waals surface area contributed by atoms with Crippen LogP contribution in [0.2, 0.25) is 0 Å². The quantitative estimate of drug-likeness (QED) is 0.342. The third kappa shape index (κ3) is 4.97. The van der Waals surface area contributed by atoms with Gasteiger partial charge in [0.1, 0.15) is 5.82 Å². The van der Waals surface area contributed by atoms with Crippen LogP contribution >= 0.6 is 11.8 Å². The summed E-state index contributed by atoms with van der Waals surface area (Å²) in [5.41, 5.74) is 1.65. The number of anilines is 1. The number of Topliss-reactive ketones (excluding diaryl/α,β-unsaturated/α-hetero) is 1. The standard InChI is InChI=1S/C21H19FN4O2S/c1-3-12-26-20(15-8-10-16(22)11-9-15)24-25-21(26)29-13-19(28)23-18-7-5-4-6-17(18)14(2)27/h3-11H,1,12-13H2,2H3,(H,23,28). The van der Waals surface area contributed by atoms with Gasteiger partial charge in [-0.25, -0.2) is 4.39 Å². The summed E-state index contributed by atoms with van der Waals surface area (Å²) in [6.07, 6.45) is 1.70. The number of hydrogen-bond donors (Lipinski definition) is 1. The molecule has 1 heterocycles. The van der Waals surface area contributed by atoms with Gasteiger partial charge in [0, 0.05) is 17.7 Å². The monoisotopic (exact) mass is 410 g/mol. The molecule has 0 unspecified atom stereocenters. The SMILES string of the molecule is C=CCn1c(SCC(=O)Nc2ccccc2C(C)=O)nnc1-c1ccc(F)cc1. The van der Waals surface area contributed by atoms with Crippen molar-refractivity contribution in [2.45, 2.75) is 18.6 Å². The van der Waals surface area contributed by atoms with E-state index in [1.54, 1.807) is 42.5 Å². The zero-order chi connectivity index (χ0) is 20.8. The lowest BCUT2D eigenvalue weighted by Crippen LogP contribution is -2.16. The van der Waals surface area contributed by atoms with Crippen LogP contribution < -0.4 is 5.32 Å². The van der Waals surface area contributed by atoms with Crippen LogP contribution in [0.15, 0.2) is 66.3 Å². The molecular formula is C21H19FN4O2S. The molecule has 8 heteroatoms. The Kier molecular flexibility index (Phi) is 6.56. The van der Waals surface area contributed by atoms with Crippen molar-refractivity contribution in [3.05, 3.63) is 72.6 Å². The van der Waals surface area contributed by atoms with Gasteiger partial charge >= 0.3 is 0 Å². The highest BCUT2D eigenvalue weighted by molar-refractivity contribution is 7.99. The summed E-state index contributed by atoms with van der Waals surface area (Å²) in [4.78, 5) is 24.1. The molecule has 0 fully saturated rings. The predicted octanol–water partition coefficient (Wildman–Crippen LogP) is 4.20. The van der Waals surface area contributed by atoms with Gasteiger partial charge in [-0.05, 0) is 43.3 Å². The molecular weight excluding hydrogens is 391 g/mol. The Hall–Kier alpha value is -3.26. The third-order valence-electron chi connectivity index (χ3n) is 4.04. The number of rotatable bonds is 8. The number of benzene rings is 2. The van der Waals surface area contributed by atoms with Crippen LogP contribution in [0.3, 0.4) is 0 Å². The molecule has 2 aromatic carbocycles. The molecule has 0 bridgehead atoms. The van der Waals surface area contributed by atoms with E-state index in [4.69, 9.17) is 0 Å². The predicted molar refractivity (Wildman–Crippen MR) is 111 cm³/mol. The Bertz CT molecular complexity index is 1050. The fraction of sp³-hybridized carbons (Fsp3) is 0.143. The molecule has 0 atom stereocenters. The summed E-state index contributed by atoms with van der Waals surface area (Å²) in [5, 5.41) is 11.6.